The number of aromatic nitrogens is 2. The van der Waals surface area contributed by atoms with Crippen molar-refractivity contribution in [1.29, 1.82) is 5.41 Å². The molecule has 9 N–H and O–H groups in total. The smallest absolute Gasteiger partial charge is 0.303 e. The van der Waals surface area contributed by atoms with E-state index in [4.69, 9.17) is 21.4 Å². The first-order chi connectivity index (χ1) is 7.70. The van der Waals surface area contributed by atoms with Crippen molar-refractivity contribution in [3.8, 4) is 5.88 Å². The van der Waals surface area contributed by atoms with Crippen LogP contribution < -0.4 is 17.2 Å². The second kappa shape index (κ2) is 8.83. The number of hydrogen-bond acceptors (Lipinski definition) is 5. The maximum atomic E-state index is 9.37. The highest BCUT2D eigenvalue weighted by Crippen LogP contribution is 2.06. The van der Waals surface area contributed by atoms with E-state index in [0.29, 0.717) is 5.95 Å². The molecule has 1 rings (SSSR count). The van der Waals surface area contributed by atoms with Crippen molar-refractivity contribution >= 4 is 17.9 Å². The summed E-state index contributed by atoms with van der Waals surface area (Å²) in [7, 11) is 1.71. The molecule has 0 spiro atoms. The summed E-state index contributed by atoms with van der Waals surface area (Å²) in [6, 6.07) is 0. The van der Waals surface area contributed by atoms with E-state index >= 15 is 0 Å². The van der Waals surface area contributed by atoms with Crippen LogP contribution in [-0.2, 0) is 11.8 Å². The molecule has 0 amide bonds. The van der Waals surface area contributed by atoms with Crippen LogP contribution in [0.15, 0.2) is 6.20 Å². The zero-order valence-corrected chi connectivity index (χ0v) is 9.71. The maximum absolute atomic E-state index is 9.37. The molecule has 0 unspecified atom stereocenters. The van der Waals surface area contributed by atoms with Gasteiger partial charge < -0.3 is 32.0 Å². The van der Waals surface area contributed by atoms with Crippen molar-refractivity contribution < 1.29 is 15.0 Å². The Morgan fingerprint density at radius 1 is 1.59 bits per heavy atom. The van der Waals surface area contributed by atoms with E-state index in [9.17, 15) is 4.79 Å². The number of aryl methyl sites for hydroxylation is 1. The monoisotopic (exact) mass is 246 g/mol. The Kier molecular flexibility index (Phi) is 8.81. The molecule has 0 aliphatic heterocycles. The quantitative estimate of drug-likeness (QED) is 0.272. The predicted molar refractivity (Wildman–Crippen MR) is 63.3 cm³/mol. The fourth-order valence-electron chi connectivity index (χ4n) is 0.464. The minimum Gasteiger partial charge on any atom is -0.492 e. The summed E-state index contributed by atoms with van der Waals surface area (Å²) in [5.74, 6) is -0.794. The summed E-state index contributed by atoms with van der Waals surface area (Å²) in [6.45, 7) is 1.60. The van der Waals surface area contributed by atoms with Crippen LogP contribution in [0, 0.1) is 5.41 Å². The van der Waals surface area contributed by atoms with Crippen LogP contribution >= 0.6 is 0 Å². The van der Waals surface area contributed by atoms with Crippen LogP contribution in [0.2, 0.25) is 0 Å². The van der Waals surface area contributed by atoms with E-state index < -0.39 is 5.97 Å². The molecular formula is C8H18N6O3. The number of guanidine groups is 1. The van der Waals surface area contributed by atoms with E-state index in [2.05, 4.69) is 16.5 Å². The first-order valence-electron chi connectivity index (χ1n) is 4.49. The van der Waals surface area contributed by atoms with Crippen molar-refractivity contribution in [1.82, 2.24) is 9.55 Å². The molecule has 9 nitrogen and oxygen atoms in total. The number of carbonyl (C=O) groups is 1. The second-order valence-electron chi connectivity index (χ2n) is 2.77. The number of nitrogens with zero attached hydrogens (tertiary/aromatic N) is 2. The first-order valence-corrected chi connectivity index (χ1v) is 4.49. The molecule has 9 heteroatoms. The average molecular weight is 246 g/mol. The van der Waals surface area contributed by atoms with Crippen molar-refractivity contribution in [3.05, 3.63) is 6.20 Å². The number of anilines is 1. The van der Waals surface area contributed by atoms with E-state index in [0.717, 1.165) is 0 Å². The number of nitrogens with one attached hydrogen (secondary N) is 1. The molecule has 0 bridgehead atoms. The summed E-state index contributed by atoms with van der Waals surface area (Å²) in [6.07, 6.45) is 1.66. The normalized spacial score (nSPS) is 8.12. The molecule has 1 aromatic heterocycles. The van der Waals surface area contributed by atoms with Crippen LogP contribution in [0.4, 0.5) is 5.95 Å². The van der Waals surface area contributed by atoms with Crippen molar-refractivity contribution in [2.24, 2.45) is 18.5 Å². The van der Waals surface area contributed by atoms with Gasteiger partial charge in [-0.1, -0.05) is 6.92 Å². The Bertz CT molecular complexity index is 339. The molecule has 1 heterocycles. The molecule has 0 fully saturated rings. The topological polar surface area (TPSA) is 177 Å². The summed E-state index contributed by atoms with van der Waals surface area (Å²) in [4.78, 5) is 12.9. The number of nitrogens with two attached hydrogens (primary N) is 3. The fraction of sp³-hybridized carbons (Fsp3) is 0.375. The zero-order valence-electron chi connectivity index (χ0n) is 9.71. The van der Waals surface area contributed by atoms with Gasteiger partial charge in [-0.2, -0.15) is 4.98 Å². The summed E-state index contributed by atoms with van der Waals surface area (Å²) >= 11 is 0. The molecule has 98 valence electrons. The van der Waals surface area contributed by atoms with E-state index in [-0.39, 0.29) is 18.3 Å². The Morgan fingerprint density at radius 2 is 1.94 bits per heavy atom. The van der Waals surface area contributed by atoms with Gasteiger partial charge in [0.2, 0.25) is 11.8 Å². The number of aromatic hydroxyl groups is 1. The predicted octanol–water partition coefficient (Wildman–Crippen LogP) is -0.973. The van der Waals surface area contributed by atoms with Gasteiger partial charge in [0.15, 0.2) is 5.96 Å². The Balaban J connectivity index is 0. The van der Waals surface area contributed by atoms with Gasteiger partial charge in [0.05, 0.1) is 6.20 Å². The van der Waals surface area contributed by atoms with Gasteiger partial charge in [0.25, 0.3) is 0 Å². The lowest BCUT2D eigenvalue weighted by Gasteiger charge is -1.86. The number of rotatable bonds is 1. The van der Waals surface area contributed by atoms with Crippen LogP contribution in [0.5, 0.6) is 5.88 Å². The molecule has 0 atom stereocenters. The highest BCUT2D eigenvalue weighted by atomic mass is 16.4. The SMILES string of the molecule is CCC(=O)O.Cn1cc(O)nc1N.N=C(N)N. The van der Waals surface area contributed by atoms with Crippen molar-refractivity contribution in [2.75, 3.05) is 5.73 Å². The third kappa shape index (κ3) is 13.6. The lowest BCUT2D eigenvalue weighted by atomic mass is 10.5. The van der Waals surface area contributed by atoms with Gasteiger partial charge in [-0.05, 0) is 0 Å². The Hall–Kier alpha value is -2.45. The second-order valence-corrected chi connectivity index (χ2v) is 2.77. The number of nitrogen functional groups attached to an aromatic ring is 1. The van der Waals surface area contributed by atoms with Crippen LogP contribution in [-0.4, -0.2) is 31.7 Å². The Morgan fingerprint density at radius 3 is 2.00 bits per heavy atom. The molecule has 0 saturated heterocycles. The number of carboxylic acid groups (broad SMARTS) is 1. The van der Waals surface area contributed by atoms with Crippen LogP contribution in [0.1, 0.15) is 13.3 Å². The Labute approximate surface area is 98.4 Å². The molecule has 1 aromatic rings. The van der Waals surface area contributed by atoms with Crippen LogP contribution in [0.25, 0.3) is 0 Å². The van der Waals surface area contributed by atoms with Gasteiger partial charge in [-0.15, -0.1) is 0 Å². The third-order valence-electron chi connectivity index (χ3n) is 1.20. The highest BCUT2D eigenvalue weighted by molar-refractivity contribution is 5.71. The molecule has 0 aliphatic rings. The average Bonchev–Trinajstić information content (AvgIpc) is 2.44. The minimum atomic E-state index is -0.745. The number of hydrogen-bond donors (Lipinski definition) is 6. The third-order valence-corrected chi connectivity index (χ3v) is 1.20. The molecule has 0 aliphatic carbocycles. The van der Waals surface area contributed by atoms with Gasteiger partial charge in [-0.3, -0.25) is 10.2 Å². The first kappa shape index (κ1) is 17.0. The van der Waals surface area contributed by atoms with Crippen LogP contribution in [0.3, 0.4) is 0 Å². The van der Waals surface area contributed by atoms with E-state index in [1.54, 1.807) is 14.0 Å². The summed E-state index contributed by atoms with van der Waals surface area (Å²) in [5, 5.41) is 22.4. The number of carboxylic acids is 1. The molecule has 0 radical (unpaired) electrons. The molecular weight excluding hydrogens is 228 g/mol. The number of aliphatic carboxylic acids is 1. The number of imidazole rings is 1. The van der Waals surface area contributed by atoms with Gasteiger partial charge >= 0.3 is 5.97 Å². The minimum absolute atomic E-state index is 0.0370. The highest BCUT2D eigenvalue weighted by Gasteiger charge is 1.95. The van der Waals surface area contributed by atoms with Gasteiger partial charge in [0.1, 0.15) is 0 Å². The van der Waals surface area contributed by atoms with E-state index in [1.165, 1.54) is 10.8 Å². The molecule has 17 heavy (non-hydrogen) atoms. The zero-order chi connectivity index (χ0) is 14.0. The molecule has 0 saturated carbocycles. The van der Waals surface area contributed by atoms with Gasteiger partial charge in [0, 0.05) is 13.5 Å². The largest absolute Gasteiger partial charge is 0.492 e. The molecule has 0 aromatic carbocycles. The fourth-order valence-corrected chi connectivity index (χ4v) is 0.464. The lowest BCUT2D eigenvalue weighted by Crippen LogP contribution is -2.20. The maximum Gasteiger partial charge on any atom is 0.303 e. The summed E-state index contributed by atoms with van der Waals surface area (Å²) in [5.41, 5.74) is 14.2. The summed E-state index contributed by atoms with van der Waals surface area (Å²) < 4.78 is 1.54. The van der Waals surface area contributed by atoms with Crippen molar-refractivity contribution in [2.45, 2.75) is 13.3 Å². The van der Waals surface area contributed by atoms with Crippen molar-refractivity contribution in [3.63, 3.8) is 0 Å². The standard InChI is InChI=1S/C4H7N3O.C3H6O2.CH5N3/c1-7-2-3(8)6-4(7)5;1-2-3(4)5;2-1(3)4/h2,8H,1H3,(H2,5,6);2H2,1H3,(H,4,5);(H5,2,3,4). The van der Waals surface area contributed by atoms with Gasteiger partial charge in [-0.25, -0.2) is 0 Å². The lowest BCUT2D eigenvalue weighted by molar-refractivity contribution is -0.136. The van der Waals surface area contributed by atoms with E-state index in [1.807, 2.05) is 0 Å².